The van der Waals surface area contributed by atoms with Crippen molar-refractivity contribution in [3.8, 4) is 17.2 Å². The second kappa shape index (κ2) is 5.54. The molecular formula is C21H14BrNO5. The Morgan fingerprint density at radius 2 is 1.79 bits per heavy atom. The number of benzene rings is 2. The average Bonchev–Trinajstić information content (AvgIpc) is 3.45. The number of halogens is 1. The summed E-state index contributed by atoms with van der Waals surface area (Å²) in [5.74, 6) is 2.62. The molecule has 140 valence electrons. The molecule has 0 N–H and O–H groups in total. The van der Waals surface area contributed by atoms with Crippen LogP contribution in [0.3, 0.4) is 0 Å². The molecular weight excluding hydrogens is 426 g/mol. The molecule has 0 aliphatic carbocycles. The van der Waals surface area contributed by atoms with E-state index in [1.165, 1.54) is 0 Å². The van der Waals surface area contributed by atoms with E-state index in [1.807, 2.05) is 48.5 Å². The van der Waals surface area contributed by atoms with Crippen molar-refractivity contribution in [2.24, 2.45) is 0 Å². The molecule has 28 heavy (non-hydrogen) atoms. The van der Waals surface area contributed by atoms with Crippen LogP contribution in [0.1, 0.15) is 16.9 Å². The van der Waals surface area contributed by atoms with Gasteiger partial charge in [0.2, 0.25) is 12.7 Å². The number of carbonyl (C=O) groups excluding carboxylic acids is 1. The number of fused-ring (bicyclic) bond motifs is 5. The van der Waals surface area contributed by atoms with Gasteiger partial charge in [0.25, 0.3) is 0 Å². The monoisotopic (exact) mass is 439 g/mol. The molecule has 7 heteroatoms. The summed E-state index contributed by atoms with van der Waals surface area (Å²) < 4.78 is 23.3. The Morgan fingerprint density at radius 1 is 0.964 bits per heavy atom. The van der Waals surface area contributed by atoms with Gasteiger partial charge in [0, 0.05) is 17.3 Å². The Balaban J connectivity index is 1.51. The molecule has 6 rings (SSSR count). The Hall–Kier alpha value is -2.93. The maximum atomic E-state index is 13.8. The number of carbonyl (C=O) groups is 1. The maximum absolute atomic E-state index is 13.8. The highest BCUT2D eigenvalue weighted by Gasteiger charge is 2.57. The van der Waals surface area contributed by atoms with E-state index in [1.54, 1.807) is 4.90 Å². The van der Waals surface area contributed by atoms with Crippen molar-refractivity contribution in [3.63, 3.8) is 0 Å². The van der Waals surface area contributed by atoms with Gasteiger partial charge in [0.1, 0.15) is 23.5 Å². The van der Waals surface area contributed by atoms with E-state index in [-0.39, 0.29) is 19.3 Å². The minimum Gasteiger partial charge on any atom is -0.491 e. The first kappa shape index (κ1) is 16.1. The lowest BCUT2D eigenvalue weighted by atomic mass is 9.77. The molecule has 0 saturated carbocycles. The lowest BCUT2D eigenvalue weighted by Gasteiger charge is -2.22. The summed E-state index contributed by atoms with van der Waals surface area (Å²) in [6.07, 6.45) is 0. The first-order valence-corrected chi connectivity index (χ1v) is 9.69. The van der Waals surface area contributed by atoms with Gasteiger partial charge in [-0.2, -0.15) is 0 Å². The minimum absolute atomic E-state index is 0.0289. The van der Waals surface area contributed by atoms with Crippen molar-refractivity contribution in [1.82, 2.24) is 0 Å². The summed E-state index contributed by atoms with van der Waals surface area (Å²) in [5.41, 5.74) is 1.73. The van der Waals surface area contributed by atoms with Crippen molar-refractivity contribution in [2.45, 2.75) is 12.0 Å². The average molecular weight is 440 g/mol. The van der Waals surface area contributed by atoms with E-state index in [4.69, 9.17) is 18.6 Å². The molecule has 3 aromatic rings. The summed E-state index contributed by atoms with van der Waals surface area (Å²) in [6, 6.07) is 15.2. The third kappa shape index (κ3) is 1.99. The van der Waals surface area contributed by atoms with Crippen LogP contribution in [-0.2, 0) is 16.8 Å². The van der Waals surface area contributed by atoms with E-state index in [2.05, 4.69) is 15.9 Å². The van der Waals surface area contributed by atoms with Crippen molar-refractivity contribution >= 4 is 27.5 Å². The zero-order valence-electron chi connectivity index (χ0n) is 14.6. The van der Waals surface area contributed by atoms with Crippen LogP contribution in [0.25, 0.3) is 0 Å². The van der Waals surface area contributed by atoms with Gasteiger partial charge in [-0.15, -0.1) is 0 Å². The molecule has 0 fully saturated rings. The fraction of sp³-hybridized carbons (Fsp3) is 0.190. The zero-order chi connectivity index (χ0) is 18.9. The number of anilines is 1. The van der Waals surface area contributed by atoms with Crippen LogP contribution in [0.5, 0.6) is 17.2 Å². The lowest BCUT2D eigenvalue weighted by Crippen LogP contribution is -2.42. The van der Waals surface area contributed by atoms with Gasteiger partial charge in [-0.25, -0.2) is 0 Å². The lowest BCUT2D eigenvalue weighted by molar-refractivity contribution is -0.122. The largest absolute Gasteiger partial charge is 0.491 e. The molecule has 3 aliphatic heterocycles. The third-order valence-electron chi connectivity index (χ3n) is 5.59. The first-order chi connectivity index (χ1) is 13.7. The Morgan fingerprint density at radius 3 is 2.61 bits per heavy atom. The van der Waals surface area contributed by atoms with E-state index < -0.39 is 5.41 Å². The summed E-state index contributed by atoms with van der Waals surface area (Å²) in [6.45, 7) is 0.776. The quantitative estimate of drug-likeness (QED) is 0.603. The highest BCUT2D eigenvalue weighted by atomic mass is 79.9. The summed E-state index contributed by atoms with van der Waals surface area (Å²) in [7, 11) is 0. The Bertz CT molecular complexity index is 1140. The minimum atomic E-state index is -0.892. The normalized spacial score (nSPS) is 21.2. The molecule has 4 heterocycles. The van der Waals surface area contributed by atoms with Crippen LogP contribution >= 0.6 is 15.9 Å². The number of rotatable bonds is 2. The predicted molar refractivity (Wildman–Crippen MR) is 103 cm³/mol. The maximum Gasteiger partial charge on any atom is 0.246 e. The van der Waals surface area contributed by atoms with Crippen LogP contribution in [0.2, 0.25) is 0 Å². The predicted octanol–water partition coefficient (Wildman–Crippen LogP) is 4.00. The summed E-state index contributed by atoms with van der Waals surface area (Å²) >= 11 is 3.32. The molecule has 1 unspecified atom stereocenters. The van der Waals surface area contributed by atoms with Crippen LogP contribution in [0.4, 0.5) is 5.69 Å². The Labute approximate surface area is 168 Å². The van der Waals surface area contributed by atoms with Crippen LogP contribution < -0.4 is 19.1 Å². The molecule has 0 bridgehead atoms. The number of para-hydroxylation sites is 1. The van der Waals surface area contributed by atoms with Crippen molar-refractivity contribution < 1.29 is 23.4 Å². The van der Waals surface area contributed by atoms with Gasteiger partial charge in [-0.05, 0) is 45.8 Å². The molecule has 1 spiro atoms. The van der Waals surface area contributed by atoms with Crippen LogP contribution in [-0.4, -0.2) is 19.3 Å². The summed E-state index contributed by atoms with van der Waals surface area (Å²) in [5, 5.41) is 0. The van der Waals surface area contributed by atoms with Crippen molar-refractivity contribution in [2.75, 3.05) is 18.3 Å². The topological polar surface area (TPSA) is 61.1 Å². The van der Waals surface area contributed by atoms with E-state index in [0.717, 1.165) is 16.8 Å². The Kier molecular flexibility index (Phi) is 3.18. The SMILES string of the molecule is O=C1N(Cc2ccc(Br)o2)c2ccccc2C12COc1cc3c(cc12)OCO3. The number of hydrogen-bond donors (Lipinski definition) is 0. The number of ether oxygens (including phenoxy) is 3. The number of hydrogen-bond acceptors (Lipinski definition) is 5. The molecule has 1 atom stereocenters. The molecule has 2 aromatic carbocycles. The second-order valence-electron chi connectivity index (χ2n) is 7.01. The highest BCUT2D eigenvalue weighted by molar-refractivity contribution is 9.10. The summed E-state index contributed by atoms with van der Waals surface area (Å²) in [4.78, 5) is 15.5. The highest BCUT2D eigenvalue weighted by Crippen LogP contribution is 2.55. The van der Waals surface area contributed by atoms with Crippen molar-refractivity contribution in [1.29, 1.82) is 0 Å². The van der Waals surface area contributed by atoms with Crippen LogP contribution in [0.15, 0.2) is 57.6 Å². The fourth-order valence-corrected chi connectivity index (χ4v) is 4.65. The van der Waals surface area contributed by atoms with Gasteiger partial charge >= 0.3 is 0 Å². The number of amides is 1. The second-order valence-corrected chi connectivity index (χ2v) is 7.79. The molecule has 0 radical (unpaired) electrons. The smallest absolute Gasteiger partial charge is 0.246 e. The molecule has 6 nitrogen and oxygen atoms in total. The van der Waals surface area contributed by atoms with E-state index in [9.17, 15) is 4.79 Å². The van der Waals surface area contributed by atoms with E-state index >= 15 is 0 Å². The van der Waals surface area contributed by atoms with Gasteiger partial charge in [-0.1, -0.05) is 18.2 Å². The van der Waals surface area contributed by atoms with E-state index in [0.29, 0.717) is 34.2 Å². The van der Waals surface area contributed by atoms with Gasteiger partial charge in [0.15, 0.2) is 16.2 Å². The molecule has 1 amide bonds. The fourth-order valence-electron chi connectivity index (χ4n) is 4.31. The van der Waals surface area contributed by atoms with Crippen molar-refractivity contribution in [3.05, 3.63) is 70.1 Å². The molecule has 1 aromatic heterocycles. The zero-order valence-corrected chi connectivity index (χ0v) is 16.2. The van der Waals surface area contributed by atoms with Gasteiger partial charge < -0.3 is 23.5 Å². The van der Waals surface area contributed by atoms with Crippen LogP contribution in [0, 0.1) is 0 Å². The number of furan rings is 1. The number of nitrogens with zero attached hydrogens (tertiary/aromatic N) is 1. The van der Waals surface area contributed by atoms with Gasteiger partial charge in [0.05, 0.1) is 6.54 Å². The third-order valence-corrected chi connectivity index (χ3v) is 6.01. The standard InChI is InChI=1S/C21H14BrNO5/c22-19-6-5-12(28-19)9-23-15-4-2-1-3-13(15)21(20(23)24)10-25-16-8-18-17(7-14(16)21)26-11-27-18/h1-8H,9-11H2. The molecule has 3 aliphatic rings. The van der Waals surface area contributed by atoms with Gasteiger partial charge in [-0.3, -0.25) is 4.79 Å². The first-order valence-electron chi connectivity index (χ1n) is 8.89. The molecule has 0 saturated heterocycles.